The van der Waals surface area contributed by atoms with Crippen LogP contribution in [0.4, 0.5) is 4.39 Å². The zero-order chi connectivity index (χ0) is 14.7. The molecule has 2 heterocycles. The lowest BCUT2D eigenvalue weighted by molar-refractivity contribution is 0.475. The number of aromatic nitrogens is 3. The van der Waals surface area contributed by atoms with Crippen LogP contribution in [-0.4, -0.2) is 21.3 Å². The van der Waals surface area contributed by atoms with Crippen LogP contribution in [0.15, 0.2) is 24.7 Å². The van der Waals surface area contributed by atoms with E-state index in [4.69, 9.17) is 11.6 Å². The maximum Gasteiger partial charge on any atom is 0.141 e. The summed E-state index contributed by atoms with van der Waals surface area (Å²) in [5.41, 5.74) is 1.56. The lowest BCUT2D eigenvalue weighted by Crippen LogP contribution is -2.26. The first-order chi connectivity index (χ1) is 9.54. The van der Waals surface area contributed by atoms with E-state index in [9.17, 15) is 4.39 Å². The van der Waals surface area contributed by atoms with Crippen LogP contribution in [0.25, 0.3) is 0 Å². The highest BCUT2D eigenvalue weighted by Crippen LogP contribution is 2.30. The number of halogens is 2. The van der Waals surface area contributed by atoms with Crippen LogP contribution in [-0.2, 0) is 0 Å². The Labute approximate surface area is 123 Å². The monoisotopic (exact) mass is 296 g/mol. The Morgan fingerprint density at radius 2 is 2.10 bits per heavy atom. The molecule has 0 bridgehead atoms. The van der Waals surface area contributed by atoms with Gasteiger partial charge in [0.05, 0.1) is 29.2 Å². The zero-order valence-corrected chi connectivity index (χ0v) is 12.5. The Morgan fingerprint density at radius 3 is 2.70 bits per heavy atom. The Hall–Kier alpha value is -1.46. The van der Waals surface area contributed by atoms with E-state index in [1.54, 1.807) is 12.4 Å². The zero-order valence-electron chi connectivity index (χ0n) is 11.8. The molecule has 0 saturated carbocycles. The van der Waals surface area contributed by atoms with Gasteiger partial charge in [-0.2, -0.15) is 5.10 Å². The highest BCUT2D eigenvalue weighted by Gasteiger charge is 2.23. The van der Waals surface area contributed by atoms with Crippen molar-refractivity contribution in [2.45, 2.75) is 32.9 Å². The molecule has 0 aliphatic heterocycles. The maximum atomic E-state index is 13.4. The first-order valence-electron chi connectivity index (χ1n) is 6.61. The van der Waals surface area contributed by atoms with Gasteiger partial charge in [-0.3, -0.25) is 9.67 Å². The predicted octanol–water partition coefficient (Wildman–Crippen LogP) is 3.35. The van der Waals surface area contributed by atoms with Crippen LogP contribution in [0.1, 0.15) is 44.1 Å². The molecule has 2 rings (SSSR count). The average Bonchev–Trinajstić information content (AvgIpc) is 2.78. The summed E-state index contributed by atoms with van der Waals surface area (Å²) in [6.07, 6.45) is 4.45. The minimum atomic E-state index is -0.364. The van der Waals surface area contributed by atoms with Gasteiger partial charge >= 0.3 is 0 Å². The van der Waals surface area contributed by atoms with Gasteiger partial charge in [-0.1, -0.05) is 18.5 Å². The summed E-state index contributed by atoms with van der Waals surface area (Å²) in [5, 5.41) is 8.17. The summed E-state index contributed by atoms with van der Waals surface area (Å²) in [4.78, 5) is 3.91. The molecule has 0 aromatic carbocycles. The molecule has 1 unspecified atom stereocenters. The molecule has 0 spiro atoms. The van der Waals surface area contributed by atoms with Crippen molar-refractivity contribution >= 4 is 11.6 Å². The highest BCUT2D eigenvalue weighted by molar-refractivity contribution is 6.31. The summed E-state index contributed by atoms with van der Waals surface area (Å²) in [6.45, 7) is 6.77. The molecule has 4 nitrogen and oxygen atoms in total. The molecule has 1 atom stereocenters. The van der Waals surface area contributed by atoms with Gasteiger partial charge in [0.25, 0.3) is 0 Å². The van der Waals surface area contributed by atoms with E-state index in [0.29, 0.717) is 5.02 Å². The number of pyridine rings is 1. The fourth-order valence-electron chi connectivity index (χ4n) is 2.20. The molecule has 6 heteroatoms. The van der Waals surface area contributed by atoms with Gasteiger partial charge in [0.15, 0.2) is 0 Å². The second-order valence-electron chi connectivity index (χ2n) is 4.84. The Kier molecular flexibility index (Phi) is 4.73. The highest BCUT2D eigenvalue weighted by atomic mass is 35.5. The molecule has 0 aliphatic rings. The number of hydrogen-bond donors (Lipinski definition) is 1. The van der Waals surface area contributed by atoms with E-state index in [2.05, 4.69) is 15.4 Å². The van der Waals surface area contributed by atoms with Crippen LogP contribution < -0.4 is 5.32 Å². The third-order valence-corrected chi connectivity index (χ3v) is 3.31. The van der Waals surface area contributed by atoms with Gasteiger partial charge in [-0.25, -0.2) is 4.39 Å². The van der Waals surface area contributed by atoms with E-state index in [-0.39, 0.29) is 17.9 Å². The van der Waals surface area contributed by atoms with E-state index < -0.39 is 0 Å². The van der Waals surface area contributed by atoms with Gasteiger partial charge in [-0.05, 0) is 32.0 Å². The maximum absolute atomic E-state index is 13.4. The summed E-state index contributed by atoms with van der Waals surface area (Å²) in [7, 11) is 0. The molecular weight excluding hydrogens is 279 g/mol. The van der Waals surface area contributed by atoms with Crippen molar-refractivity contribution in [1.82, 2.24) is 20.1 Å². The van der Waals surface area contributed by atoms with E-state index in [1.807, 2.05) is 25.5 Å². The lowest BCUT2D eigenvalue weighted by atomic mass is 10.1. The summed E-state index contributed by atoms with van der Waals surface area (Å²) in [5.74, 6) is -0.364. The van der Waals surface area contributed by atoms with Crippen molar-refractivity contribution in [3.8, 4) is 0 Å². The fraction of sp³-hybridized carbons (Fsp3) is 0.429. The van der Waals surface area contributed by atoms with Crippen LogP contribution in [0.3, 0.4) is 0 Å². The number of nitrogens with zero attached hydrogens (tertiary/aromatic N) is 3. The van der Waals surface area contributed by atoms with Gasteiger partial charge in [0.2, 0.25) is 0 Å². The third kappa shape index (κ3) is 2.99. The molecule has 0 fully saturated rings. The summed E-state index contributed by atoms with van der Waals surface area (Å²) >= 11 is 6.27. The quantitative estimate of drug-likeness (QED) is 0.920. The normalized spacial score (nSPS) is 12.9. The second-order valence-corrected chi connectivity index (χ2v) is 5.25. The van der Waals surface area contributed by atoms with Crippen molar-refractivity contribution < 1.29 is 4.39 Å². The third-order valence-electron chi connectivity index (χ3n) is 3.02. The standard InChI is InChI=1S/C14H18ClFN4/c1-4-18-13(10-5-11(16)7-17-6-10)14-12(15)8-19-20(14)9(2)3/h5-9,13,18H,4H2,1-3H3. The van der Waals surface area contributed by atoms with Crippen LogP contribution in [0, 0.1) is 5.82 Å². The van der Waals surface area contributed by atoms with E-state index in [1.165, 1.54) is 12.3 Å². The second kappa shape index (κ2) is 6.33. The largest absolute Gasteiger partial charge is 0.305 e. The number of hydrogen-bond acceptors (Lipinski definition) is 3. The predicted molar refractivity (Wildman–Crippen MR) is 77.3 cm³/mol. The van der Waals surface area contributed by atoms with E-state index in [0.717, 1.165) is 17.8 Å². The first-order valence-corrected chi connectivity index (χ1v) is 6.99. The average molecular weight is 297 g/mol. The Morgan fingerprint density at radius 1 is 1.35 bits per heavy atom. The lowest BCUT2D eigenvalue weighted by Gasteiger charge is -2.22. The SMILES string of the molecule is CCNC(c1cncc(F)c1)c1c(Cl)cnn1C(C)C. The molecule has 0 amide bonds. The molecule has 108 valence electrons. The van der Waals surface area contributed by atoms with Gasteiger partial charge in [0.1, 0.15) is 5.82 Å². The number of nitrogens with one attached hydrogen (secondary N) is 1. The van der Waals surface area contributed by atoms with Crippen LogP contribution in [0.2, 0.25) is 5.02 Å². The first kappa shape index (κ1) is 14.9. The molecule has 0 saturated heterocycles. The Balaban J connectivity index is 2.51. The van der Waals surface area contributed by atoms with Crippen molar-refractivity contribution in [3.63, 3.8) is 0 Å². The van der Waals surface area contributed by atoms with Gasteiger partial charge < -0.3 is 5.32 Å². The molecular formula is C14H18ClFN4. The molecule has 1 N–H and O–H groups in total. The minimum Gasteiger partial charge on any atom is -0.305 e. The molecule has 0 radical (unpaired) electrons. The minimum absolute atomic E-state index is 0.167. The molecule has 20 heavy (non-hydrogen) atoms. The Bertz CT molecular complexity index is 582. The van der Waals surface area contributed by atoms with Crippen molar-refractivity contribution in [2.24, 2.45) is 0 Å². The number of rotatable bonds is 5. The summed E-state index contributed by atoms with van der Waals surface area (Å²) < 4.78 is 15.3. The molecule has 0 aliphatic carbocycles. The van der Waals surface area contributed by atoms with Crippen LogP contribution in [0.5, 0.6) is 0 Å². The van der Waals surface area contributed by atoms with Gasteiger partial charge in [0, 0.05) is 12.2 Å². The smallest absolute Gasteiger partial charge is 0.141 e. The molecule has 2 aromatic rings. The molecule has 2 aromatic heterocycles. The van der Waals surface area contributed by atoms with Crippen molar-refractivity contribution in [3.05, 3.63) is 46.8 Å². The topological polar surface area (TPSA) is 42.7 Å². The van der Waals surface area contributed by atoms with Crippen LogP contribution >= 0.6 is 11.6 Å². The van der Waals surface area contributed by atoms with Crippen molar-refractivity contribution in [1.29, 1.82) is 0 Å². The summed E-state index contributed by atoms with van der Waals surface area (Å²) in [6, 6.07) is 1.40. The van der Waals surface area contributed by atoms with Crippen molar-refractivity contribution in [2.75, 3.05) is 6.54 Å². The fourth-order valence-corrected chi connectivity index (χ4v) is 2.43. The van der Waals surface area contributed by atoms with E-state index >= 15 is 0 Å². The van der Waals surface area contributed by atoms with Gasteiger partial charge in [-0.15, -0.1) is 0 Å².